The van der Waals surface area contributed by atoms with Gasteiger partial charge >= 0.3 is 0 Å². The molecule has 0 unspecified atom stereocenters. The highest BCUT2D eigenvalue weighted by Crippen LogP contribution is 2.29. The van der Waals surface area contributed by atoms with E-state index in [1.807, 2.05) is 24.3 Å². The molecule has 0 radical (unpaired) electrons. The smallest absolute Gasteiger partial charge is 0.240 e. The largest absolute Gasteiger partial charge is 0.497 e. The molecule has 184 valence electrons. The predicted molar refractivity (Wildman–Crippen MR) is 154 cm³/mol. The number of ether oxygens (including phenoxy) is 2. The number of nitrogens with zero attached hydrogens (tertiary/aromatic N) is 2. The van der Waals surface area contributed by atoms with Gasteiger partial charge in [0.1, 0.15) is 18.1 Å². The Kier molecular flexibility index (Phi) is 10.5. The SMILES string of the molecule is COc1ccc(NC(=O)CCC(=O)NN=Cc2cc(I)c(OCc3ccc(C#N)cc3)c(I)c2)cc1. The number of methoxy groups -OCH3 is 1. The fourth-order valence-corrected chi connectivity index (χ4v) is 5.11. The van der Waals surface area contributed by atoms with Crippen LogP contribution in [0.3, 0.4) is 0 Å². The number of hydrogen-bond donors (Lipinski definition) is 2. The summed E-state index contributed by atoms with van der Waals surface area (Å²) in [4.78, 5) is 24.1. The van der Waals surface area contributed by atoms with E-state index in [9.17, 15) is 9.59 Å². The third-order valence-electron chi connectivity index (χ3n) is 4.84. The first-order valence-corrected chi connectivity index (χ1v) is 12.9. The van der Waals surface area contributed by atoms with E-state index in [2.05, 4.69) is 67.1 Å². The summed E-state index contributed by atoms with van der Waals surface area (Å²) in [5.74, 6) is 0.826. The number of carbonyl (C=O) groups excluding carboxylic acids is 2. The number of amides is 2. The molecule has 0 bridgehead atoms. The Morgan fingerprint density at radius 2 is 1.64 bits per heavy atom. The van der Waals surface area contributed by atoms with Gasteiger partial charge in [-0.15, -0.1) is 0 Å². The molecule has 0 aromatic heterocycles. The summed E-state index contributed by atoms with van der Waals surface area (Å²) in [7, 11) is 1.57. The predicted octanol–water partition coefficient (Wildman–Crippen LogP) is 5.22. The molecule has 36 heavy (non-hydrogen) atoms. The molecule has 0 aliphatic rings. The van der Waals surface area contributed by atoms with E-state index in [0.29, 0.717) is 23.6 Å². The highest BCUT2D eigenvalue weighted by Gasteiger charge is 2.10. The standard InChI is InChI=1S/C26H22I2N4O4/c1-35-21-8-6-20(7-9-21)31-24(33)10-11-25(34)32-30-15-19-12-22(27)26(23(28)13-19)36-16-18-4-2-17(14-29)3-5-18/h2-9,12-13,15H,10-11,16H2,1H3,(H,31,33)(H,32,34). The van der Waals surface area contributed by atoms with E-state index in [-0.39, 0.29) is 24.7 Å². The molecule has 2 N–H and O–H groups in total. The lowest BCUT2D eigenvalue weighted by molar-refractivity contribution is -0.124. The summed E-state index contributed by atoms with van der Waals surface area (Å²) >= 11 is 4.38. The average Bonchev–Trinajstić information content (AvgIpc) is 2.88. The van der Waals surface area contributed by atoms with Gasteiger partial charge in [-0.25, -0.2) is 5.43 Å². The van der Waals surface area contributed by atoms with Crippen LogP contribution in [0.1, 0.15) is 29.5 Å². The molecule has 0 saturated heterocycles. The first kappa shape index (κ1) is 27.4. The van der Waals surface area contributed by atoms with E-state index < -0.39 is 0 Å². The summed E-state index contributed by atoms with van der Waals surface area (Å²) in [5, 5.41) is 15.6. The summed E-state index contributed by atoms with van der Waals surface area (Å²) in [6.07, 6.45) is 1.59. The van der Waals surface area contributed by atoms with E-state index in [1.54, 1.807) is 49.7 Å². The molecule has 10 heteroatoms. The molecule has 0 heterocycles. The molecule has 3 aromatic carbocycles. The maximum absolute atomic E-state index is 12.1. The van der Waals surface area contributed by atoms with Crippen molar-refractivity contribution >= 4 is 68.9 Å². The van der Waals surface area contributed by atoms with E-state index in [4.69, 9.17) is 14.7 Å². The third-order valence-corrected chi connectivity index (χ3v) is 6.45. The van der Waals surface area contributed by atoms with Crippen molar-refractivity contribution in [2.75, 3.05) is 12.4 Å². The number of nitrogens with one attached hydrogen (secondary N) is 2. The molecule has 0 aliphatic heterocycles. The van der Waals surface area contributed by atoms with Crippen molar-refractivity contribution < 1.29 is 19.1 Å². The lowest BCUT2D eigenvalue weighted by Gasteiger charge is -2.11. The maximum atomic E-state index is 12.1. The van der Waals surface area contributed by atoms with Gasteiger partial charge in [0.15, 0.2) is 0 Å². The number of benzene rings is 3. The van der Waals surface area contributed by atoms with Crippen LogP contribution in [0.5, 0.6) is 11.5 Å². The minimum Gasteiger partial charge on any atom is -0.497 e. The zero-order valence-corrected chi connectivity index (χ0v) is 23.6. The Hall–Kier alpha value is -3.18. The van der Waals surface area contributed by atoms with Crippen LogP contribution in [0.4, 0.5) is 5.69 Å². The van der Waals surface area contributed by atoms with Crippen LogP contribution in [0.2, 0.25) is 0 Å². The van der Waals surface area contributed by atoms with Crippen LogP contribution in [0.15, 0.2) is 65.8 Å². The number of hydrogen-bond acceptors (Lipinski definition) is 6. The molecular formula is C26H22I2N4O4. The summed E-state index contributed by atoms with van der Waals surface area (Å²) in [6, 6.07) is 20.1. The van der Waals surface area contributed by atoms with E-state index in [0.717, 1.165) is 24.0 Å². The number of halogens is 2. The van der Waals surface area contributed by atoms with Crippen molar-refractivity contribution in [2.24, 2.45) is 5.10 Å². The van der Waals surface area contributed by atoms with Gasteiger partial charge in [-0.2, -0.15) is 10.4 Å². The minimum absolute atomic E-state index is 0.0104. The van der Waals surface area contributed by atoms with Gasteiger partial charge in [0, 0.05) is 18.5 Å². The Morgan fingerprint density at radius 1 is 1.00 bits per heavy atom. The topological polar surface area (TPSA) is 113 Å². The Balaban J connectivity index is 1.46. The number of carbonyl (C=O) groups is 2. The molecule has 0 fully saturated rings. The van der Waals surface area contributed by atoms with Gasteiger partial charge in [0.05, 0.1) is 32.1 Å². The van der Waals surface area contributed by atoms with Crippen molar-refractivity contribution in [3.63, 3.8) is 0 Å². The molecular weight excluding hydrogens is 686 g/mol. The third kappa shape index (κ3) is 8.49. The lowest BCUT2D eigenvalue weighted by atomic mass is 10.1. The van der Waals surface area contributed by atoms with Crippen LogP contribution in [-0.2, 0) is 16.2 Å². The molecule has 2 amide bonds. The molecule has 0 saturated carbocycles. The minimum atomic E-state index is -0.358. The highest BCUT2D eigenvalue weighted by molar-refractivity contribution is 14.1. The lowest BCUT2D eigenvalue weighted by Crippen LogP contribution is -2.20. The van der Waals surface area contributed by atoms with Crippen molar-refractivity contribution in [1.29, 1.82) is 5.26 Å². The van der Waals surface area contributed by atoms with Gasteiger partial charge in [-0.1, -0.05) is 12.1 Å². The number of hydrazone groups is 1. The first-order valence-electron chi connectivity index (χ1n) is 10.7. The quantitative estimate of drug-likeness (QED) is 0.171. The molecule has 0 spiro atoms. The Labute approximate surface area is 236 Å². The van der Waals surface area contributed by atoms with Crippen LogP contribution in [0, 0.1) is 18.5 Å². The molecule has 0 aliphatic carbocycles. The van der Waals surface area contributed by atoms with Gasteiger partial charge < -0.3 is 14.8 Å². The monoisotopic (exact) mass is 708 g/mol. The van der Waals surface area contributed by atoms with Gasteiger partial charge in [0.25, 0.3) is 0 Å². The van der Waals surface area contributed by atoms with E-state index >= 15 is 0 Å². The average molecular weight is 708 g/mol. The second kappa shape index (κ2) is 13.8. The second-order valence-corrected chi connectivity index (χ2v) is 9.81. The van der Waals surface area contributed by atoms with Crippen LogP contribution >= 0.6 is 45.2 Å². The van der Waals surface area contributed by atoms with Crippen LogP contribution < -0.4 is 20.2 Å². The maximum Gasteiger partial charge on any atom is 0.240 e. The summed E-state index contributed by atoms with van der Waals surface area (Å²) in [5.41, 5.74) is 5.45. The Morgan fingerprint density at radius 3 is 2.25 bits per heavy atom. The van der Waals surface area contributed by atoms with Gasteiger partial charge in [0.2, 0.25) is 11.8 Å². The zero-order valence-electron chi connectivity index (χ0n) is 19.3. The van der Waals surface area contributed by atoms with Gasteiger partial charge in [-0.05, 0) is 105 Å². The van der Waals surface area contributed by atoms with Crippen molar-refractivity contribution in [2.45, 2.75) is 19.4 Å². The number of rotatable bonds is 10. The molecule has 8 nitrogen and oxygen atoms in total. The summed E-state index contributed by atoms with van der Waals surface area (Å²) < 4.78 is 12.9. The van der Waals surface area contributed by atoms with E-state index in [1.165, 1.54) is 0 Å². The number of anilines is 1. The molecule has 3 aromatic rings. The fourth-order valence-electron chi connectivity index (χ4n) is 2.98. The summed E-state index contributed by atoms with van der Waals surface area (Å²) in [6.45, 7) is 0.382. The number of nitriles is 1. The van der Waals surface area contributed by atoms with Gasteiger partial charge in [-0.3, -0.25) is 9.59 Å². The van der Waals surface area contributed by atoms with Crippen molar-refractivity contribution in [3.05, 3.63) is 84.5 Å². The fraction of sp³-hybridized carbons (Fsp3) is 0.154. The molecule has 0 atom stereocenters. The highest BCUT2D eigenvalue weighted by atomic mass is 127. The Bertz CT molecular complexity index is 1260. The van der Waals surface area contributed by atoms with Crippen molar-refractivity contribution in [1.82, 2.24) is 5.43 Å². The molecule has 3 rings (SSSR count). The second-order valence-electron chi connectivity index (χ2n) is 7.48. The zero-order chi connectivity index (χ0) is 25.9. The first-order chi connectivity index (χ1) is 17.4. The van der Waals surface area contributed by atoms with Crippen LogP contribution in [-0.4, -0.2) is 25.1 Å². The normalized spacial score (nSPS) is 10.5. The van der Waals surface area contributed by atoms with Crippen LogP contribution in [0.25, 0.3) is 0 Å². The van der Waals surface area contributed by atoms with Crippen molar-refractivity contribution in [3.8, 4) is 17.6 Å².